The third-order valence-electron chi connectivity index (χ3n) is 3.48. The predicted octanol–water partition coefficient (Wildman–Crippen LogP) is 3.37. The van der Waals surface area contributed by atoms with Crippen LogP contribution in [0.2, 0.25) is 0 Å². The Kier molecular flexibility index (Phi) is 5.20. The van der Waals surface area contributed by atoms with Crippen LogP contribution in [0.4, 0.5) is 0 Å². The molecule has 1 aromatic heterocycles. The Morgan fingerprint density at radius 1 is 1.36 bits per heavy atom. The summed E-state index contributed by atoms with van der Waals surface area (Å²) in [6.07, 6.45) is 3.26. The van der Waals surface area contributed by atoms with Crippen molar-refractivity contribution in [2.24, 2.45) is 0 Å². The Bertz CT molecular complexity index is 675. The molecule has 1 atom stereocenters. The van der Waals surface area contributed by atoms with Gasteiger partial charge in [0.1, 0.15) is 11.8 Å². The summed E-state index contributed by atoms with van der Waals surface area (Å²) in [7, 11) is 0. The van der Waals surface area contributed by atoms with Crippen LogP contribution >= 0.6 is 0 Å². The first kappa shape index (κ1) is 16.1. The van der Waals surface area contributed by atoms with Crippen LogP contribution in [-0.4, -0.2) is 30.0 Å². The maximum atomic E-state index is 12.1. The minimum atomic E-state index is -0.485. The maximum Gasteiger partial charge on any atom is 0.328 e. The Labute approximate surface area is 129 Å². The Balaban J connectivity index is 2.42. The summed E-state index contributed by atoms with van der Waals surface area (Å²) in [4.78, 5) is 23.4. The fourth-order valence-corrected chi connectivity index (χ4v) is 2.37. The van der Waals surface area contributed by atoms with Gasteiger partial charge in [0.15, 0.2) is 6.29 Å². The van der Waals surface area contributed by atoms with Gasteiger partial charge in [-0.3, -0.25) is 4.79 Å². The van der Waals surface area contributed by atoms with Gasteiger partial charge in [0.25, 0.3) is 0 Å². The molecule has 2 rings (SSSR count). The number of carbonyl (C=O) groups is 2. The number of fused-ring (bicyclic) bond motifs is 1. The van der Waals surface area contributed by atoms with Gasteiger partial charge in [-0.2, -0.15) is 0 Å². The van der Waals surface area contributed by atoms with Crippen molar-refractivity contribution in [3.8, 4) is 5.75 Å². The molecule has 0 aliphatic carbocycles. The van der Waals surface area contributed by atoms with E-state index in [1.165, 1.54) is 0 Å². The van der Waals surface area contributed by atoms with E-state index < -0.39 is 6.04 Å². The van der Waals surface area contributed by atoms with Crippen LogP contribution in [0.5, 0.6) is 5.75 Å². The van der Waals surface area contributed by atoms with E-state index in [4.69, 9.17) is 9.47 Å². The van der Waals surface area contributed by atoms with Crippen molar-refractivity contribution in [3.05, 3.63) is 30.0 Å². The van der Waals surface area contributed by atoms with Crippen molar-refractivity contribution in [2.45, 2.75) is 33.2 Å². The fraction of sp³-hybridized carbons (Fsp3) is 0.412. The molecule has 0 saturated carbocycles. The average Bonchev–Trinajstić information content (AvgIpc) is 2.90. The third kappa shape index (κ3) is 3.13. The van der Waals surface area contributed by atoms with E-state index in [1.54, 1.807) is 17.7 Å². The van der Waals surface area contributed by atoms with Crippen molar-refractivity contribution in [1.82, 2.24) is 4.57 Å². The highest BCUT2D eigenvalue weighted by Crippen LogP contribution is 2.28. The number of ether oxygens (including phenoxy) is 2. The lowest BCUT2D eigenvalue weighted by molar-refractivity contribution is -0.147. The van der Waals surface area contributed by atoms with Gasteiger partial charge in [0.2, 0.25) is 0 Å². The largest absolute Gasteiger partial charge is 0.494 e. The van der Waals surface area contributed by atoms with Gasteiger partial charge in [-0.15, -0.1) is 0 Å². The van der Waals surface area contributed by atoms with Crippen LogP contribution in [0, 0.1) is 0 Å². The summed E-state index contributed by atoms with van der Waals surface area (Å²) in [5.74, 6) is 0.405. The first-order valence-corrected chi connectivity index (χ1v) is 7.51. The molecule has 5 nitrogen and oxygen atoms in total. The van der Waals surface area contributed by atoms with Crippen molar-refractivity contribution in [2.75, 3.05) is 13.2 Å². The zero-order valence-electron chi connectivity index (χ0n) is 13.2. The summed E-state index contributed by atoms with van der Waals surface area (Å²) in [6, 6.07) is 5.03. The Morgan fingerprint density at radius 2 is 2.14 bits per heavy atom. The second-order valence-electron chi connectivity index (χ2n) is 5.07. The monoisotopic (exact) mass is 303 g/mol. The number of aromatic nitrogens is 1. The molecule has 0 spiro atoms. The lowest BCUT2D eigenvalue weighted by Crippen LogP contribution is -2.19. The SMILES string of the molecule is CCCOC(=O)C(C)n1cc(C=O)c2cc(OCC)ccc21. The number of hydrogen-bond acceptors (Lipinski definition) is 4. The smallest absolute Gasteiger partial charge is 0.328 e. The number of nitrogens with zero attached hydrogens (tertiary/aromatic N) is 1. The van der Waals surface area contributed by atoms with E-state index in [2.05, 4.69) is 0 Å². The van der Waals surface area contributed by atoms with Gasteiger partial charge in [-0.25, -0.2) is 4.79 Å². The van der Waals surface area contributed by atoms with Gasteiger partial charge in [-0.05, 0) is 38.5 Å². The van der Waals surface area contributed by atoms with Gasteiger partial charge >= 0.3 is 5.97 Å². The van der Waals surface area contributed by atoms with E-state index >= 15 is 0 Å². The number of benzene rings is 1. The van der Waals surface area contributed by atoms with E-state index in [-0.39, 0.29) is 5.97 Å². The summed E-state index contributed by atoms with van der Waals surface area (Å²) >= 11 is 0. The molecule has 0 bridgehead atoms. The molecule has 1 unspecified atom stereocenters. The van der Waals surface area contributed by atoms with Crippen molar-refractivity contribution in [3.63, 3.8) is 0 Å². The molecule has 0 N–H and O–H groups in total. The van der Waals surface area contributed by atoms with Gasteiger partial charge < -0.3 is 14.0 Å². The van der Waals surface area contributed by atoms with Crippen LogP contribution in [0.3, 0.4) is 0 Å². The minimum Gasteiger partial charge on any atom is -0.494 e. The molecule has 22 heavy (non-hydrogen) atoms. The molecule has 0 radical (unpaired) electrons. The maximum absolute atomic E-state index is 12.1. The van der Waals surface area contributed by atoms with Gasteiger partial charge in [0, 0.05) is 22.7 Å². The molecule has 0 fully saturated rings. The zero-order valence-corrected chi connectivity index (χ0v) is 13.2. The number of aldehydes is 1. The number of esters is 1. The second kappa shape index (κ2) is 7.11. The third-order valence-corrected chi connectivity index (χ3v) is 3.48. The van der Waals surface area contributed by atoms with Crippen LogP contribution < -0.4 is 4.74 Å². The molecule has 1 aromatic carbocycles. The molecule has 2 aromatic rings. The molecule has 0 aliphatic rings. The Morgan fingerprint density at radius 3 is 2.77 bits per heavy atom. The lowest BCUT2D eigenvalue weighted by atomic mass is 10.2. The fourth-order valence-electron chi connectivity index (χ4n) is 2.37. The number of rotatable bonds is 7. The minimum absolute atomic E-state index is 0.301. The van der Waals surface area contributed by atoms with Crippen LogP contribution in [0.1, 0.15) is 43.6 Å². The summed E-state index contributed by atoms with van der Waals surface area (Å²) in [6.45, 7) is 6.58. The van der Waals surface area contributed by atoms with Crippen molar-refractivity contribution >= 4 is 23.2 Å². The van der Waals surface area contributed by atoms with E-state index in [0.717, 1.165) is 23.6 Å². The molecule has 0 saturated heterocycles. The van der Waals surface area contributed by atoms with Crippen molar-refractivity contribution in [1.29, 1.82) is 0 Å². The van der Waals surface area contributed by atoms with Crippen LogP contribution in [0.25, 0.3) is 10.9 Å². The summed E-state index contributed by atoms with van der Waals surface area (Å²) in [5.41, 5.74) is 1.35. The zero-order chi connectivity index (χ0) is 16.1. The summed E-state index contributed by atoms with van der Waals surface area (Å²) < 4.78 is 12.4. The van der Waals surface area contributed by atoms with Gasteiger partial charge in [-0.1, -0.05) is 6.92 Å². The molecule has 0 amide bonds. The van der Waals surface area contributed by atoms with Gasteiger partial charge in [0.05, 0.1) is 13.2 Å². The highest BCUT2D eigenvalue weighted by Gasteiger charge is 2.20. The normalized spacial score (nSPS) is 12.1. The quantitative estimate of drug-likeness (QED) is 0.581. The van der Waals surface area contributed by atoms with Crippen LogP contribution in [0.15, 0.2) is 24.4 Å². The summed E-state index contributed by atoms with van der Waals surface area (Å²) in [5, 5.41) is 0.774. The average molecular weight is 303 g/mol. The standard InChI is InChI=1S/C17H21NO4/c1-4-8-22-17(20)12(3)18-10-13(11-19)15-9-14(21-5-2)6-7-16(15)18/h6-7,9-12H,4-5,8H2,1-3H3. The number of hydrogen-bond donors (Lipinski definition) is 0. The number of carbonyl (C=O) groups excluding carboxylic acids is 2. The molecule has 5 heteroatoms. The second-order valence-corrected chi connectivity index (χ2v) is 5.07. The first-order chi connectivity index (χ1) is 10.6. The van der Waals surface area contributed by atoms with E-state index in [1.807, 2.05) is 32.0 Å². The first-order valence-electron chi connectivity index (χ1n) is 7.51. The topological polar surface area (TPSA) is 57.5 Å². The molecule has 118 valence electrons. The van der Waals surface area contributed by atoms with Crippen molar-refractivity contribution < 1.29 is 19.1 Å². The molecule has 0 aliphatic heterocycles. The van der Waals surface area contributed by atoms with Crippen LogP contribution in [-0.2, 0) is 9.53 Å². The van der Waals surface area contributed by atoms with E-state index in [9.17, 15) is 9.59 Å². The highest BCUT2D eigenvalue weighted by atomic mass is 16.5. The molecular formula is C17H21NO4. The lowest BCUT2D eigenvalue weighted by Gasteiger charge is -2.14. The molecule has 1 heterocycles. The highest BCUT2D eigenvalue weighted by molar-refractivity contribution is 5.99. The molecular weight excluding hydrogens is 282 g/mol. The predicted molar refractivity (Wildman–Crippen MR) is 84.5 cm³/mol. The Hall–Kier alpha value is -2.30. The van der Waals surface area contributed by atoms with E-state index in [0.29, 0.717) is 24.5 Å².